The van der Waals surface area contributed by atoms with Gasteiger partial charge in [-0.3, -0.25) is 4.90 Å². The molecule has 0 saturated heterocycles. The molecule has 0 radical (unpaired) electrons. The van der Waals surface area contributed by atoms with Crippen LogP contribution < -0.4 is 14.4 Å². The zero-order chi connectivity index (χ0) is 33.0. The van der Waals surface area contributed by atoms with Crippen molar-refractivity contribution in [2.45, 2.75) is 19.3 Å². The van der Waals surface area contributed by atoms with Crippen LogP contribution in [0.4, 0.5) is 16.4 Å². The number of hydrogen-bond acceptors (Lipinski definition) is 4. The normalized spacial score (nSPS) is 13.8. The Bertz CT molecular complexity index is 2290. The van der Waals surface area contributed by atoms with Gasteiger partial charge in [-0.25, -0.2) is 0 Å². The third-order valence-electron chi connectivity index (χ3n) is 9.90. The van der Waals surface area contributed by atoms with E-state index in [0.29, 0.717) is 13.2 Å². The predicted octanol–water partition coefficient (Wildman–Crippen LogP) is 12.3. The summed E-state index contributed by atoms with van der Waals surface area (Å²) in [5.74, 6) is 1.63. The molecule has 9 rings (SSSR count). The van der Waals surface area contributed by atoms with Crippen molar-refractivity contribution in [1.82, 2.24) is 0 Å². The van der Waals surface area contributed by atoms with E-state index in [1.165, 1.54) is 44.5 Å². The largest absolute Gasteiger partial charge is 0.485 e. The van der Waals surface area contributed by atoms with Gasteiger partial charge in [0.2, 0.25) is 0 Å². The zero-order valence-corrected chi connectivity index (χ0v) is 28.3. The lowest BCUT2D eigenvalue weighted by Crippen LogP contribution is -2.18. The maximum Gasteiger partial charge on any atom is 0.197 e. The smallest absolute Gasteiger partial charge is 0.197 e. The van der Waals surface area contributed by atoms with Gasteiger partial charge in [-0.2, -0.15) is 0 Å². The van der Waals surface area contributed by atoms with Crippen LogP contribution in [0.1, 0.15) is 25.0 Å². The Kier molecular flexibility index (Phi) is 7.14. The van der Waals surface area contributed by atoms with Crippen LogP contribution in [0.3, 0.4) is 0 Å². The number of nitrogens with zero attached hydrogens (tertiary/aromatic N) is 1. The highest BCUT2D eigenvalue weighted by molar-refractivity contribution is 7.20. The van der Waals surface area contributed by atoms with Gasteiger partial charge in [-0.1, -0.05) is 141 Å². The molecule has 1 aromatic heterocycles. The van der Waals surface area contributed by atoms with Crippen LogP contribution >= 0.6 is 11.3 Å². The summed E-state index contributed by atoms with van der Waals surface area (Å²) >= 11 is 1.72. The highest BCUT2D eigenvalue weighted by atomic mass is 32.1. The summed E-state index contributed by atoms with van der Waals surface area (Å²) in [6.07, 6.45) is 0. The van der Waals surface area contributed by atoms with Crippen LogP contribution in [-0.2, 0) is 5.41 Å². The van der Waals surface area contributed by atoms with E-state index >= 15 is 0 Å². The molecule has 0 N–H and O–H groups in total. The molecular formula is C45H35NO2S. The van der Waals surface area contributed by atoms with Crippen LogP contribution in [-0.4, -0.2) is 13.2 Å². The van der Waals surface area contributed by atoms with E-state index in [2.05, 4.69) is 170 Å². The molecule has 4 heteroatoms. The number of fused-ring (bicyclic) bond motifs is 4. The van der Waals surface area contributed by atoms with Crippen molar-refractivity contribution in [2.24, 2.45) is 0 Å². The Hall–Kier alpha value is -5.58. The van der Waals surface area contributed by atoms with Gasteiger partial charge in [0.25, 0.3) is 0 Å². The van der Waals surface area contributed by atoms with Crippen LogP contribution in [0.5, 0.6) is 11.5 Å². The molecule has 0 atom stereocenters. The first-order chi connectivity index (χ1) is 24.1. The maximum absolute atomic E-state index is 6.45. The fourth-order valence-corrected chi connectivity index (χ4v) is 8.60. The topological polar surface area (TPSA) is 21.7 Å². The molecule has 1 aliphatic carbocycles. The summed E-state index contributed by atoms with van der Waals surface area (Å²) in [5.41, 5.74) is 13.3. The molecular weight excluding hydrogens is 619 g/mol. The number of benzene rings is 6. The van der Waals surface area contributed by atoms with Crippen LogP contribution in [0.15, 0.2) is 152 Å². The Morgan fingerprint density at radius 2 is 1.00 bits per heavy atom. The number of anilines is 3. The highest BCUT2D eigenvalue weighted by Crippen LogP contribution is 2.58. The minimum atomic E-state index is -0.118. The zero-order valence-electron chi connectivity index (χ0n) is 27.5. The fourth-order valence-electron chi connectivity index (χ4n) is 7.37. The minimum Gasteiger partial charge on any atom is -0.485 e. The van der Waals surface area contributed by atoms with Crippen LogP contribution in [0, 0.1) is 0 Å². The third kappa shape index (κ3) is 5.03. The summed E-state index contributed by atoms with van der Waals surface area (Å²) in [7, 11) is 0. The molecule has 0 unspecified atom stereocenters. The van der Waals surface area contributed by atoms with Crippen molar-refractivity contribution >= 4 is 27.7 Å². The standard InChI is InChI=1S/C45H35NO2S/c1-45(2)39-16-10-9-15-37(39)38-26-25-36(29-40(38)45)46(44-42-41(47-27-28-48-42)43(49-44)34-13-7-4-8-14-34)35-23-21-33(22-24-35)32-19-17-31(18-20-32)30-11-5-3-6-12-30/h3-26,29H,27-28H2,1-2H3. The lowest BCUT2D eigenvalue weighted by Gasteiger charge is -2.28. The van der Waals surface area contributed by atoms with E-state index in [9.17, 15) is 0 Å². The van der Waals surface area contributed by atoms with Crippen molar-refractivity contribution in [2.75, 3.05) is 18.1 Å². The summed E-state index contributed by atoms with van der Waals surface area (Å²) < 4.78 is 12.8. The second-order valence-electron chi connectivity index (χ2n) is 13.2. The lowest BCUT2D eigenvalue weighted by atomic mass is 9.82. The molecule has 2 aliphatic rings. The quantitative estimate of drug-likeness (QED) is 0.178. The van der Waals surface area contributed by atoms with E-state index in [1.54, 1.807) is 11.3 Å². The van der Waals surface area contributed by atoms with E-state index in [-0.39, 0.29) is 5.41 Å². The predicted molar refractivity (Wildman–Crippen MR) is 204 cm³/mol. The van der Waals surface area contributed by atoms with Crippen molar-refractivity contribution < 1.29 is 9.47 Å². The van der Waals surface area contributed by atoms with Gasteiger partial charge in [0.1, 0.15) is 18.2 Å². The molecule has 49 heavy (non-hydrogen) atoms. The molecule has 0 fully saturated rings. The lowest BCUT2D eigenvalue weighted by molar-refractivity contribution is 0.175. The number of rotatable bonds is 6. The monoisotopic (exact) mass is 653 g/mol. The van der Waals surface area contributed by atoms with E-state index in [0.717, 1.165) is 38.3 Å². The first kappa shape index (κ1) is 29.6. The molecule has 0 spiro atoms. The Morgan fingerprint density at radius 1 is 0.490 bits per heavy atom. The fraction of sp³-hybridized carbons (Fsp3) is 0.111. The van der Waals surface area contributed by atoms with Gasteiger partial charge in [-0.15, -0.1) is 11.3 Å². The maximum atomic E-state index is 6.45. The minimum absolute atomic E-state index is 0.118. The van der Waals surface area contributed by atoms with Crippen molar-refractivity contribution in [1.29, 1.82) is 0 Å². The molecule has 238 valence electrons. The SMILES string of the molecule is CC1(C)c2ccccc2-c2ccc(N(c3ccc(-c4ccc(-c5ccccc5)cc4)cc3)c3sc(-c4ccccc4)c4c3OCCO4)cc21. The van der Waals surface area contributed by atoms with Gasteiger partial charge in [0.05, 0.1) is 4.88 Å². The average molecular weight is 654 g/mol. The van der Waals surface area contributed by atoms with Crippen molar-refractivity contribution in [3.8, 4) is 55.3 Å². The summed E-state index contributed by atoms with van der Waals surface area (Å²) in [6, 6.07) is 54.5. The number of ether oxygens (including phenoxy) is 2. The summed E-state index contributed by atoms with van der Waals surface area (Å²) in [5, 5.41) is 1.02. The summed E-state index contributed by atoms with van der Waals surface area (Å²) in [4.78, 5) is 3.44. The molecule has 3 nitrogen and oxygen atoms in total. The van der Waals surface area contributed by atoms with Gasteiger partial charge in [-0.05, 0) is 74.3 Å². The molecule has 0 saturated carbocycles. The van der Waals surface area contributed by atoms with Gasteiger partial charge >= 0.3 is 0 Å². The average Bonchev–Trinajstić information content (AvgIpc) is 3.65. The molecule has 2 heterocycles. The van der Waals surface area contributed by atoms with Crippen LogP contribution in [0.25, 0.3) is 43.8 Å². The number of thiophene rings is 1. The first-order valence-electron chi connectivity index (χ1n) is 16.8. The second-order valence-corrected chi connectivity index (χ2v) is 14.2. The van der Waals surface area contributed by atoms with Gasteiger partial charge in [0, 0.05) is 16.8 Å². The Morgan fingerprint density at radius 3 is 1.67 bits per heavy atom. The number of hydrogen-bond donors (Lipinski definition) is 0. The highest BCUT2D eigenvalue weighted by Gasteiger charge is 2.37. The van der Waals surface area contributed by atoms with Crippen molar-refractivity contribution in [3.05, 3.63) is 163 Å². The van der Waals surface area contributed by atoms with Crippen LogP contribution in [0.2, 0.25) is 0 Å². The van der Waals surface area contributed by atoms with Crippen molar-refractivity contribution in [3.63, 3.8) is 0 Å². The van der Waals surface area contributed by atoms with Gasteiger partial charge < -0.3 is 9.47 Å². The molecule has 7 aromatic rings. The molecule has 6 aromatic carbocycles. The first-order valence-corrected chi connectivity index (χ1v) is 17.7. The Balaban J connectivity index is 1.17. The molecule has 1 aliphatic heterocycles. The van der Waals surface area contributed by atoms with E-state index in [1.807, 2.05) is 0 Å². The Labute approximate surface area is 291 Å². The molecule has 0 bridgehead atoms. The van der Waals surface area contributed by atoms with E-state index in [4.69, 9.17) is 9.47 Å². The third-order valence-corrected chi connectivity index (χ3v) is 11.1. The summed E-state index contributed by atoms with van der Waals surface area (Å²) in [6.45, 7) is 5.72. The second kappa shape index (κ2) is 11.8. The van der Waals surface area contributed by atoms with E-state index < -0.39 is 0 Å². The molecule has 0 amide bonds. The van der Waals surface area contributed by atoms with Gasteiger partial charge in [0.15, 0.2) is 11.5 Å².